The fourth-order valence-corrected chi connectivity index (χ4v) is 4.94. The number of aryl methyl sites for hydroxylation is 1. The van der Waals surface area contributed by atoms with Crippen molar-refractivity contribution in [3.8, 4) is 0 Å². The van der Waals surface area contributed by atoms with Crippen molar-refractivity contribution in [1.29, 1.82) is 0 Å². The highest BCUT2D eigenvalue weighted by molar-refractivity contribution is 14.1. The predicted molar refractivity (Wildman–Crippen MR) is 139 cm³/mol. The molecule has 2 N–H and O–H groups in total. The number of fused-ring (bicyclic) bond motifs is 1. The van der Waals surface area contributed by atoms with E-state index in [4.69, 9.17) is 4.74 Å². The van der Waals surface area contributed by atoms with Crippen molar-refractivity contribution in [3.05, 3.63) is 45.6 Å². The van der Waals surface area contributed by atoms with Gasteiger partial charge in [-0.15, -0.1) is 0 Å². The van der Waals surface area contributed by atoms with Crippen molar-refractivity contribution in [3.63, 3.8) is 0 Å². The van der Waals surface area contributed by atoms with Crippen molar-refractivity contribution in [2.75, 3.05) is 25.5 Å². The van der Waals surface area contributed by atoms with Gasteiger partial charge in [-0.05, 0) is 80.5 Å². The Kier molecular flexibility index (Phi) is 7.36. The minimum Gasteiger partial charge on any atom is -0.376 e. The molecule has 3 heterocycles. The van der Waals surface area contributed by atoms with Crippen molar-refractivity contribution < 1.29 is 19.1 Å². The molecule has 0 aliphatic carbocycles. The van der Waals surface area contributed by atoms with Gasteiger partial charge in [0.15, 0.2) is 0 Å². The number of urea groups is 1. The summed E-state index contributed by atoms with van der Waals surface area (Å²) in [4.78, 5) is 46.9. The number of piperidine rings is 1. The van der Waals surface area contributed by atoms with Gasteiger partial charge in [0.25, 0.3) is 0 Å². The van der Waals surface area contributed by atoms with Gasteiger partial charge in [-0.3, -0.25) is 9.36 Å². The maximum atomic E-state index is 13.5. The number of nitrogens with zero attached hydrogens (tertiary/aromatic N) is 4. The van der Waals surface area contributed by atoms with E-state index >= 15 is 0 Å². The van der Waals surface area contributed by atoms with Crippen molar-refractivity contribution >= 4 is 46.2 Å². The maximum absolute atomic E-state index is 13.5. The number of hydrogen-bond acceptors (Lipinski definition) is 5. The number of amides is 4. The molecule has 1 aromatic carbocycles. The van der Waals surface area contributed by atoms with Gasteiger partial charge < -0.3 is 25.2 Å². The Bertz CT molecular complexity index is 1110. The number of rotatable bonds is 6. The molecule has 2 aliphatic heterocycles. The minimum absolute atomic E-state index is 0.0490. The van der Waals surface area contributed by atoms with E-state index in [1.165, 1.54) is 7.11 Å². The molecule has 0 spiro atoms. The van der Waals surface area contributed by atoms with Crippen molar-refractivity contribution in [1.82, 2.24) is 24.7 Å². The summed E-state index contributed by atoms with van der Waals surface area (Å²) in [5.74, 6) is 0.492. The maximum Gasteiger partial charge on any atom is 0.330 e. The van der Waals surface area contributed by atoms with Gasteiger partial charge >= 0.3 is 12.1 Å². The first-order valence-electron chi connectivity index (χ1n) is 11.6. The third kappa shape index (κ3) is 5.30. The standard InChI is InChI=1S/C24H31IN6O4/c1-15-26-13-19-14-30(23(34)31(15)19)18-9-11-29(12-10-18)21(32)20(24(2,3)35-4)28-22(33)27-17-7-5-16(25)6-8-17/h5-8,13,18,20H,9-12,14H2,1-4H3,(H2,27,28,33). The molecule has 2 aromatic rings. The van der Waals surface area contributed by atoms with Gasteiger partial charge in [0.05, 0.1) is 24.0 Å². The molecule has 4 rings (SSSR count). The first kappa shape index (κ1) is 25.4. The van der Waals surface area contributed by atoms with Crippen LogP contribution in [-0.4, -0.2) is 75.2 Å². The third-order valence-electron chi connectivity index (χ3n) is 6.84. The smallest absolute Gasteiger partial charge is 0.330 e. The summed E-state index contributed by atoms with van der Waals surface area (Å²) in [5.41, 5.74) is 0.614. The number of nitrogens with one attached hydrogen (secondary N) is 2. The monoisotopic (exact) mass is 594 g/mol. The SMILES string of the molecule is COC(C)(C)C(NC(=O)Nc1ccc(I)cc1)C(=O)N1CCC(N2Cc3cnc(C)n3C2=O)CC1. The molecule has 1 fully saturated rings. The van der Waals surface area contributed by atoms with E-state index in [1.807, 2.05) is 24.0 Å². The summed E-state index contributed by atoms with van der Waals surface area (Å²) in [6.07, 6.45) is 3.09. The lowest BCUT2D eigenvalue weighted by molar-refractivity contribution is -0.141. The Hall–Kier alpha value is -2.67. The van der Waals surface area contributed by atoms with Gasteiger partial charge in [-0.2, -0.15) is 0 Å². The van der Waals surface area contributed by atoms with Crippen LogP contribution in [0.3, 0.4) is 0 Å². The topological polar surface area (TPSA) is 109 Å². The summed E-state index contributed by atoms with van der Waals surface area (Å²) in [5, 5.41) is 5.60. The van der Waals surface area contributed by atoms with E-state index in [2.05, 4.69) is 38.2 Å². The number of benzene rings is 1. The van der Waals surface area contributed by atoms with Gasteiger partial charge in [0, 0.05) is 35.5 Å². The molecule has 2 aliphatic rings. The molecule has 0 bridgehead atoms. The first-order valence-corrected chi connectivity index (χ1v) is 12.7. The molecule has 11 heteroatoms. The van der Waals surface area contributed by atoms with Crippen LogP contribution in [0.25, 0.3) is 0 Å². The number of imidazole rings is 1. The second-order valence-corrected chi connectivity index (χ2v) is 10.7. The van der Waals surface area contributed by atoms with Crippen LogP contribution in [0.5, 0.6) is 0 Å². The predicted octanol–water partition coefficient (Wildman–Crippen LogP) is 3.19. The van der Waals surface area contributed by atoms with Crippen LogP contribution in [0.15, 0.2) is 30.5 Å². The zero-order valence-electron chi connectivity index (χ0n) is 20.4. The molecule has 0 saturated carbocycles. The Balaban J connectivity index is 1.38. The molecular weight excluding hydrogens is 563 g/mol. The fourth-order valence-electron chi connectivity index (χ4n) is 4.58. The average molecular weight is 594 g/mol. The van der Waals surface area contributed by atoms with Gasteiger partial charge in [-0.25, -0.2) is 14.6 Å². The fraction of sp³-hybridized carbons (Fsp3) is 0.500. The normalized spacial score (nSPS) is 17.3. The molecule has 35 heavy (non-hydrogen) atoms. The second-order valence-electron chi connectivity index (χ2n) is 9.45. The van der Waals surface area contributed by atoms with E-state index in [1.54, 1.807) is 41.6 Å². The largest absolute Gasteiger partial charge is 0.376 e. The molecule has 1 unspecified atom stereocenters. The quantitative estimate of drug-likeness (QED) is 0.500. The number of methoxy groups -OCH3 is 1. The number of likely N-dealkylation sites (tertiary alicyclic amines) is 1. The minimum atomic E-state index is -0.920. The van der Waals surface area contributed by atoms with Crippen LogP contribution in [0, 0.1) is 10.5 Å². The zero-order chi connectivity index (χ0) is 25.3. The van der Waals surface area contributed by atoms with Crippen molar-refractivity contribution in [2.24, 2.45) is 0 Å². The number of ether oxygens (including phenoxy) is 1. The highest BCUT2D eigenvalue weighted by Gasteiger charge is 2.42. The molecule has 188 valence electrons. The molecule has 1 aromatic heterocycles. The van der Waals surface area contributed by atoms with Crippen LogP contribution >= 0.6 is 22.6 Å². The summed E-state index contributed by atoms with van der Waals surface area (Å²) >= 11 is 2.19. The van der Waals surface area contributed by atoms with Gasteiger partial charge in [-0.1, -0.05) is 0 Å². The zero-order valence-corrected chi connectivity index (χ0v) is 22.5. The molecule has 4 amide bonds. The molecule has 1 saturated heterocycles. The summed E-state index contributed by atoms with van der Waals surface area (Å²) in [7, 11) is 1.52. The second kappa shape index (κ2) is 10.1. The molecule has 10 nitrogen and oxygen atoms in total. The Morgan fingerprint density at radius 3 is 2.46 bits per heavy atom. The number of hydrogen-bond donors (Lipinski definition) is 2. The van der Waals surface area contributed by atoms with Crippen LogP contribution < -0.4 is 10.6 Å². The first-order chi connectivity index (χ1) is 16.6. The van der Waals surface area contributed by atoms with Crippen LogP contribution in [0.4, 0.5) is 15.3 Å². The summed E-state index contributed by atoms with van der Waals surface area (Å²) < 4.78 is 8.30. The lowest BCUT2D eigenvalue weighted by Crippen LogP contribution is -2.61. The summed E-state index contributed by atoms with van der Waals surface area (Å²) in [6.45, 7) is 6.91. The van der Waals surface area contributed by atoms with Crippen LogP contribution in [0.1, 0.15) is 38.2 Å². The molecule has 0 radical (unpaired) electrons. The lowest BCUT2D eigenvalue weighted by atomic mass is 9.95. The van der Waals surface area contributed by atoms with E-state index in [0.29, 0.717) is 44.0 Å². The van der Waals surface area contributed by atoms with Crippen molar-refractivity contribution in [2.45, 2.75) is 57.8 Å². The highest BCUT2D eigenvalue weighted by atomic mass is 127. The van der Waals surface area contributed by atoms with E-state index in [9.17, 15) is 14.4 Å². The number of aromatic nitrogens is 2. The van der Waals surface area contributed by atoms with Crippen LogP contribution in [0.2, 0.25) is 0 Å². The Morgan fingerprint density at radius 1 is 1.20 bits per heavy atom. The lowest BCUT2D eigenvalue weighted by Gasteiger charge is -2.40. The highest BCUT2D eigenvalue weighted by Crippen LogP contribution is 2.27. The van der Waals surface area contributed by atoms with E-state index < -0.39 is 17.7 Å². The third-order valence-corrected chi connectivity index (χ3v) is 7.56. The van der Waals surface area contributed by atoms with Crippen LogP contribution in [-0.2, 0) is 16.1 Å². The molecular formula is C24H31IN6O4. The Labute approximate surface area is 218 Å². The van der Waals surface area contributed by atoms with Gasteiger partial charge in [0.2, 0.25) is 5.91 Å². The number of carbonyl (C=O) groups is 3. The Morgan fingerprint density at radius 2 is 1.86 bits per heavy atom. The number of carbonyl (C=O) groups excluding carboxylic acids is 3. The number of halogens is 1. The van der Waals surface area contributed by atoms with Gasteiger partial charge in [0.1, 0.15) is 11.9 Å². The summed E-state index contributed by atoms with van der Waals surface area (Å²) in [6, 6.07) is 6.04. The van der Waals surface area contributed by atoms with E-state index in [-0.39, 0.29) is 18.0 Å². The van der Waals surface area contributed by atoms with E-state index in [0.717, 1.165) is 9.26 Å². The average Bonchev–Trinajstić information content (AvgIpc) is 3.38. The molecule has 1 atom stereocenters. The number of anilines is 1.